The lowest BCUT2D eigenvalue weighted by molar-refractivity contribution is -0.123. The first-order chi connectivity index (χ1) is 13.5. The van der Waals surface area contributed by atoms with Crippen LogP contribution in [0.1, 0.15) is 6.42 Å². The number of rotatable bonds is 3. The zero-order valence-electron chi connectivity index (χ0n) is 14.9. The highest BCUT2D eigenvalue weighted by atomic mass is 35.5. The monoisotopic (exact) mass is 421 g/mol. The van der Waals surface area contributed by atoms with Gasteiger partial charge in [0.25, 0.3) is 5.91 Å². The van der Waals surface area contributed by atoms with Crippen molar-refractivity contribution in [1.29, 1.82) is 0 Å². The van der Waals surface area contributed by atoms with Crippen LogP contribution in [0.25, 0.3) is 0 Å². The molecule has 0 aromatic heterocycles. The average Bonchev–Trinajstić information content (AvgIpc) is 2.99. The van der Waals surface area contributed by atoms with E-state index in [1.807, 2.05) is 9.80 Å². The van der Waals surface area contributed by atoms with Crippen LogP contribution in [-0.4, -0.2) is 48.9 Å². The second kappa shape index (κ2) is 7.70. The van der Waals surface area contributed by atoms with E-state index in [0.717, 1.165) is 4.90 Å². The lowest BCUT2D eigenvalue weighted by Crippen LogP contribution is -2.52. The summed E-state index contributed by atoms with van der Waals surface area (Å²) in [6.45, 7) is 2.29. The van der Waals surface area contributed by atoms with E-state index in [4.69, 9.17) is 23.2 Å². The normalized spacial score (nSPS) is 20.9. The Morgan fingerprint density at radius 3 is 2.29 bits per heavy atom. The van der Waals surface area contributed by atoms with E-state index in [0.29, 0.717) is 42.6 Å². The van der Waals surface area contributed by atoms with Crippen LogP contribution in [0.3, 0.4) is 0 Å². The number of hydrogen-bond donors (Lipinski definition) is 0. The lowest BCUT2D eigenvalue weighted by atomic mass is 10.1. The first-order valence-electron chi connectivity index (χ1n) is 9.01. The molecule has 0 unspecified atom stereocenters. The molecule has 2 saturated heterocycles. The molecule has 4 rings (SSSR count). The maximum atomic E-state index is 14.0. The Morgan fingerprint density at radius 1 is 0.893 bits per heavy atom. The lowest BCUT2D eigenvalue weighted by Gasteiger charge is -2.38. The molecule has 28 heavy (non-hydrogen) atoms. The van der Waals surface area contributed by atoms with Gasteiger partial charge in [0.2, 0.25) is 5.91 Å². The van der Waals surface area contributed by atoms with Crippen LogP contribution in [0, 0.1) is 5.82 Å². The summed E-state index contributed by atoms with van der Waals surface area (Å²) >= 11 is 12.2. The molecule has 2 aromatic carbocycles. The second-order valence-electron chi connectivity index (χ2n) is 6.83. The quantitative estimate of drug-likeness (QED) is 0.710. The van der Waals surface area contributed by atoms with E-state index in [-0.39, 0.29) is 29.1 Å². The van der Waals surface area contributed by atoms with Crippen LogP contribution in [0.4, 0.5) is 15.8 Å². The molecule has 0 radical (unpaired) electrons. The third-order valence-corrected chi connectivity index (χ3v) is 6.05. The minimum Gasteiger partial charge on any atom is -0.367 e. The van der Waals surface area contributed by atoms with Gasteiger partial charge in [-0.2, -0.15) is 0 Å². The minimum atomic E-state index is -0.537. The molecule has 2 aromatic rings. The molecule has 0 spiro atoms. The number of carbonyl (C=O) groups is 2. The third kappa shape index (κ3) is 3.36. The van der Waals surface area contributed by atoms with Crippen molar-refractivity contribution in [1.82, 2.24) is 4.90 Å². The molecule has 2 aliphatic heterocycles. The smallest absolute Gasteiger partial charge is 0.251 e. The second-order valence-corrected chi connectivity index (χ2v) is 7.62. The molecule has 2 amide bonds. The third-order valence-electron chi connectivity index (χ3n) is 5.24. The summed E-state index contributed by atoms with van der Waals surface area (Å²) in [6, 6.07) is 11.0. The summed E-state index contributed by atoms with van der Waals surface area (Å²) in [5.41, 5.74) is 0.875. The molecule has 2 aliphatic rings. The van der Waals surface area contributed by atoms with E-state index in [1.165, 1.54) is 6.07 Å². The number of amides is 2. The Balaban J connectivity index is 1.48. The average molecular weight is 422 g/mol. The number of halogens is 3. The van der Waals surface area contributed by atoms with Crippen LogP contribution in [0.15, 0.2) is 42.5 Å². The van der Waals surface area contributed by atoms with Crippen molar-refractivity contribution in [2.75, 3.05) is 36.0 Å². The Labute approximate surface area is 172 Å². The molecule has 0 bridgehead atoms. The summed E-state index contributed by atoms with van der Waals surface area (Å²) in [5.74, 6) is -0.853. The van der Waals surface area contributed by atoms with Gasteiger partial charge in [0.1, 0.15) is 5.82 Å². The first-order valence-corrected chi connectivity index (χ1v) is 9.77. The molecule has 2 heterocycles. The zero-order chi connectivity index (χ0) is 19.8. The number of para-hydroxylation sites is 1. The van der Waals surface area contributed by atoms with Crippen molar-refractivity contribution >= 4 is 46.4 Å². The predicted octanol–water partition coefficient (Wildman–Crippen LogP) is 3.59. The van der Waals surface area contributed by atoms with Crippen molar-refractivity contribution in [3.05, 3.63) is 58.3 Å². The van der Waals surface area contributed by atoms with Gasteiger partial charge < -0.3 is 4.90 Å². The van der Waals surface area contributed by atoms with E-state index in [9.17, 15) is 14.0 Å². The standard InChI is InChI=1S/C20H18Cl2FN3O2/c21-13-4-3-7-16(19(13)22)26-18(27)12-17(20(26)28)25-10-8-24(9-11-25)15-6-2-1-5-14(15)23/h1-7,17H,8-12H2/t17-/m0/s1. The van der Waals surface area contributed by atoms with Crippen molar-refractivity contribution in [3.8, 4) is 0 Å². The van der Waals surface area contributed by atoms with Crippen LogP contribution in [0.2, 0.25) is 10.0 Å². The van der Waals surface area contributed by atoms with E-state index in [1.54, 1.807) is 36.4 Å². The van der Waals surface area contributed by atoms with Crippen molar-refractivity contribution in [2.45, 2.75) is 12.5 Å². The number of imide groups is 1. The first kappa shape index (κ1) is 19.2. The molecule has 1 atom stereocenters. The number of hydrogen-bond acceptors (Lipinski definition) is 4. The van der Waals surface area contributed by atoms with Crippen molar-refractivity contribution in [3.63, 3.8) is 0 Å². The van der Waals surface area contributed by atoms with Gasteiger partial charge in [-0.3, -0.25) is 14.5 Å². The Hall–Kier alpha value is -2.15. The zero-order valence-corrected chi connectivity index (χ0v) is 16.5. The Bertz CT molecular complexity index is 931. The molecule has 0 N–H and O–H groups in total. The summed E-state index contributed by atoms with van der Waals surface area (Å²) < 4.78 is 14.0. The Kier molecular flexibility index (Phi) is 5.27. The van der Waals surface area contributed by atoms with Gasteiger partial charge in [0.15, 0.2) is 0 Å². The fourth-order valence-electron chi connectivity index (χ4n) is 3.80. The highest BCUT2D eigenvalue weighted by molar-refractivity contribution is 6.44. The van der Waals surface area contributed by atoms with Crippen LogP contribution >= 0.6 is 23.2 Å². The number of piperazine rings is 1. The fourth-order valence-corrected chi connectivity index (χ4v) is 4.18. The van der Waals surface area contributed by atoms with Gasteiger partial charge in [0.05, 0.1) is 33.9 Å². The van der Waals surface area contributed by atoms with E-state index in [2.05, 4.69) is 0 Å². The largest absolute Gasteiger partial charge is 0.367 e. The maximum Gasteiger partial charge on any atom is 0.251 e. The maximum absolute atomic E-state index is 14.0. The summed E-state index contributed by atoms with van der Waals surface area (Å²) in [7, 11) is 0. The molecular weight excluding hydrogens is 404 g/mol. The molecule has 2 fully saturated rings. The number of benzene rings is 2. The fraction of sp³-hybridized carbons (Fsp3) is 0.300. The number of nitrogens with zero attached hydrogens (tertiary/aromatic N) is 3. The minimum absolute atomic E-state index is 0.0986. The van der Waals surface area contributed by atoms with Crippen LogP contribution < -0.4 is 9.80 Å². The van der Waals surface area contributed by atoms with Gasteiger partial charge in [-0.25, -0.2) is 9.29 Å². The van der Waals surface area contributed by atoms with Gasteiger partial charge >= 0.3 is 0 Å². The van der Waals surface area contributed by atoms with Gasteiger partial charge in [0, 0.05) is 26.2 Å². The molecule has 0 aliphatic carbocycles. The SMILES string of the molecule is O=C1C[C@H](N2CCN(c3ccccc3F)CC2)C(=O)N1c1cccc(Cl)c1Cl. The number of anilines is 2. The van der Waals surface area contributed by atoms with E-state index < -0.39 is 6.04 Å². The summed E-state index contributed by atoms with van der Waals surface area (Å²) in [5, 5.41) is 0.484. The molecule has 146 valence electrons. The molecule has 8 heteroatoms. The highest BCUT2D eigenvalue weighted by Gasteiger charge is 2.44. The van der Waals surface area contributed by atoms with Crippen molar-refractivity contribution in [2.24, 2.45) is 0 Å². The predicted molar refractivity (Wildman–Crippen MR) is 108 cm³/mol. The number of carbonyl (C=O) groups excluding carboxylic acids is 2. The topological polar surface area (TPSA) is 43.9 Å². The highest BCUT2D eigenvalue weighted by Crippen LogP contribution is 2.36. The van der Waals surface area contributed by atoms with Crippen LogP contribution in [0.5, 0.6) is 0 Å². The molecular formula is C20H18Cl2FN3O2. The van der Waals surface area contributed by atoms with Crippen LogP contribution in [-0.2, 0) is 9.59 Å². The molecule has 5 nitrogen and oxygen atoms in total. The summed E-state index contributed by atoms with van der Waals surface area (Å²) in [6.07, 6.45) is 0.0986. The summed E-state index contributed by atoms with van der Waals surface area (Å²) in [4.78, 5) is 30.6. The van der Waals surface area contributed by atoms with Gasteiger partial charge in [-0.15, -0.1) is 0 Å². The van der Waals surface area contributed by atoms with Gasteiger partial charge in [-0.05, 0) is 24.3 Å². The van der Waals surface area contributed by atoms with Gasteiger partial charge in [-0.1, -0.05) is 41.4 Å². The van der Waals surface area contributed by atoms with Crippen molar-refractivity contribution < 1.29 is 14.0 Å². The molecule has 0 saturated carbocycles. The van der Waals surface area contributed by atoms with E-state index >= 15 is 0 Å². The Morgan fingerprint density at radius 2 is 1.57 bits per heavy atom.